The van der Waals surface area contributed by atoms with Crippen LogP contribution in [0.5, 0.6) is 11.5 Å². The van der Waals surface area contributed by atoms with Crippen molar-refractivity contribution in [1.29, 1.82) is 0 Å². The van der Waals surface area contributed by atoms with Crippen LogP contribution in [-0.2, 0) is 4.79 Å². The Bertz CT molecular complexity index is 593. The summed E-state index contributed by atoms with van der Waals surface area (Å²) in [6, 6.07) is 17.6. The summed E-state index contributed by atoms with van der Waals surface area (Å²) in [5.41, 5.74) is 0.997. The maximum atomic E-state index is 10.8. The van der Waals surface area contributed by atoms with Gasteiger partial charge in [0.2, 0.25) is 0 Å². The lowest BCUT2D eigenvalue weighted by molar-refractivity contribution is -0.136. The Morgan fingerprint density at radius 2 is 1.64 bits per heavy atom. The van der Waals surface area contributed by atoms with E-state index in [0.717, 1.165) is 17.2 Å². The zero-order valence-electron chi connectivity index (χ0n) is 12.9. The van der Waals surface area contributed by atoms with Crippen LogP contribution < -0.4 is 9.64 Å². The zero-order valence-corrected chi connectivity index (χ0v) is 12.9. The van der Waals surface area contributed by atoms with Crippen molar-refractivity contribution < 1.29 is 14.6 Å². The Labute approximate surface area is 131 Å². The molecule has 0 unspecified atom stereocenters. The smallest absolute Gasteiger partial charge is 0.305 e. The van der Waals surface area contributed by atoms with Crippen LogP contribution in [0.4, 0.5) is 5.69 Å². The molecule has 1 N–H and O–H groups in total. The largest absolute Gasteiger partial charge is 0.481 e. The van der Waals surface area contributed by atoms with Gasteiger partial charge in [-0.2, -0.15) is 0 Å². The first kappa shape index (κ1) is 15.9. The third kappa shape index (κ3) is 4.52. The van der Waals surface area contributed by atoms with Crippen molar-refractivity contribution in [3.63, 3.8) is 0 Å². The van der Waals surface area contributed by atoms with Gasteiger partial charge in [0, 0.05) is 18.3 Å². The summed E-state index contributed by atoms with van der Waals surface area (Å²) < 4.78 is 5.76. The number of benzene rings is 2. The monoisotopic (exact) mass is 299 g/mol. The highest BCUT2D eigenvalue weighted by atomic mass is 16.5. The molecule has 0 saturated carbocycles. The van der Waals surface area contributed by atoms with Gasteiger partial charge < -0.3 is 14.7 Å². The molecular formula is C18H21NO3. The van der Waals surface area contributed by atoms with Gasteiger partial charge in [-0.05, 0) is 50.2 Å². The van der Waals surface area contributed by atoms with Crippen LogP contribution in [0.1, 0.15) is 20.3 Å². The fraction of sp³-hybridized carbons (Fsp3) is 0.278. The number of hydrogen-bond donors (Lipinski definition) is 1. The summed E-state index contributed by atoms with van der Waals surface area (Å²) >= 11 is 0. The highest BCUT2D eigenvalue weighted by Gasteiger charge is 2.12. The number of hydrogen-bond acceptors (Lipinski definition) is 3. The third-order valence-electron chi connectivity index (χ3n) is 3.34. The van der Waals surface area contributed by atoms with Crippen molar-refractivity contribution in [2.75, 3.05) is 11.4 Å². The summed E-state index contributed by atoms with van der Waals surface area (Å²) in [4.78, 5) is 12.8. The molecule has 0 bridgehead atoms. The summed E-state index contributed by atoms with van der Waals surface area (Å²) in [6.07, 6.45) is 0.125. The number of ether oxygens (including phenoxy) is 1. The van der Waals surface area contributed by atoms with Gasteiger partial charge in [-0.25, -0.2) is 0 Å². The first-order valence-electron chi connectivity index (χ1n) is 7.37. The SMILES string of the molecule is CC(C)N(CCC(=O)O)c1ccc(Oc2ccccc2)cc1. The van der Waals surface area contributed by atoms with E-state index in [9.17, 15) is 4.79 Å². The van der Waals surface area contributed by atoms with Gasteiger partial charge in [0.15, 0.2) is 0 Å². The molecule has 0 atom stereocenters. The van der Waals surface area contributed by atoms with Gasteiger partial charge >= 0.3 is 5.97 Å². The molecular weight excluding hydrogens is 278 g/mol. The molecule has 2 aromatic carbocycles. The van der Waals surface area contributed by atoms with Crippen molar-refractivity contribution in [3.8, 4) is 11.5 Å². The predicted octanol–water partition coefficient (Wildman–Crippen LogP) is 4.17. The van der Waals surface area contributed by atoms with E-state index in [0.29, 0.717) is 6.54 Å². The molecule has 4 heteroatoms. The maximum absolute atomic E-state index is 10.8. The van der Waals surface area contributed by atoms with Crippen LogP contribution >= 0.6 is 0 Å². The summed E-state index contributed by atoms with van der Waals surface area (Å²) in [6.45, 7) is 4.60. The van der Waals surface area contributed by atoms with E-state index in [2.05, 4.69) is 18.7 Å². The van der Waals surface area contributed by atoms with E-state index < -0.39 is 5.97 Å². The number of carbonyl (C=O) groups is 1. The van der Waals surface area contributed by atoms with Crippen LogP contribution in [0, 0.1) is 0 Å². The van der Waals surface area contributed by atoms with Crippen molar-refractivity contribution in [2.45, 2.75) is 26.3 Å². The molecule has 0 aliphatic carbocycles. The predicted molar refractivity (Wildman–Crippen MR) is 87.7 cm³/mol. The van der Waals surface area contributed by atoms with Crippen LogP contribution in [-0.4, -0.2) is 23.7 Å². The average Bonchev–Trinajstić information content (AvgIpc) is 2.49. The molecule has 4 nitrogen and oxygen atoms in total. The van der Waals surface area contributed by atoms with Gasteiger partial charge in [0.1, 0.15) is 11.5 Å². The third-order valence-corrected chi connectivity index (χ3v) is 3.34. The molecule has 0 heterocycles. The normalized spacial score (nSPS) is 10.5. The highest BCUT2D eigenvalue weighted by Crippen LogP contribution is 2.25. The van der Waals surface area contributed by atoms with Crippen LogP contribution in [0.15, 0.2) is 54.6 Å². The molecule has 0 aliphatic rings. The van der Waals surface area contributed by atoms with Crippen LogP contribution in [0.3, 0.4) is 0 Å². The van der Waals surface area contributed by atoms with Crippen molar-refractivity contribution in [3.05, 3.63) is 54.6 Å². The zero-order chi connectivity index (χ0) is 15.9. The quantitative estimate of drug-likeness (QED) is 0.833. The number of para-hydroxylation sites is 1. The second kappa shape index (κ2) is 7.50. The van der Waals surface area contributed by atoms with E-state index in [1.165, 1.54) is 0 Å². The van der Waals surface area contributed by atoms with E-state index in [4.69, 9.17) is 9.84 Å². The van der Waals surface area contributed by atoms with Crippen molar-refractivity contribution in [1.82, 2.24) is 0 Å². The molecule has 0 amide bonds. The second-order valence-electron chi connectivity index (χ2n) is 5.34. The van der Waals surface area contributed by atoms with E-state index in [1.807, 2.05) is 54.6 Å². The van der Waals surface area contributed by atoms with E-state index in [1.54, 1.807) is 0 Å². The standard InChI is InChI=1S/C18H21NO3/c1-14(2)19(13-12-18(20)21)15-8-10-17(11-9-15)22-16-6-4-3-5-7-16/h3-11,14H,12-13H2,1-2H3,(H,20,21). The van der Waals surface area contributed by atoms with Gasteiger partial charge in [0.05, 0.1) is 6.42 Å². The molecule has 22 heavy (non-hydrogen) atoms. The summed E-state index contributed by atoms with van der Waals surface area (Å²) in [5, 5.41) is 8.85. The number of nitrogens with zero attached hydrogens (tertiary/aromatic N) is 1. The van der Waals surface area contributed by atoms with Crippen LogP contribution in [0.25, 0.3) is 0 Å². The molecule has 0 spiro atoms. The fourth-order valence-electron chi connectivity index (χ4n) is 2.23. The van der Waals surface area contributed by atoms with Gasteiger partial charge in [-0.1, -0.05) is 18.2 Å². The van der Waals surface area contributed by atoms with Crippen LogP contribution in [0.2, 0.25) is 0 Å². The lowest BCUT2D eigenvalue weighted by Crippen LogP contribution is -2.32. The lowest BCUT2D eigenvalue weighted by Gasteiger charge is -2.28. The van der Waals surface area contributed by atoms with Crippen molar-refractivity contribution >= 4 is 11.7 Å². The molecule has 0 aromatic heterocycles. The number of carboxylic acid groups (broad SMARTS) is 1. The highest BCUT2D eigenvalue weighted by molar-refractivity contribution is 5.67. The van der Waals surface area contributed by atoms with Gasteiger partial charge in [0.25, 0.3) is 0 Å². The van der Waals surface area contributed by atoms with E-state index >= 15 is 0 Å². The van der Waals surface area contributed by atoms with Gasteiger partial charge in [-0.3, -0.25) is 4.79 Å². The Balaban J connectivity index is 2.07. The first-order valence-corrected chi connectivity index (χ1v) is 7.37. The fourth-order valence-corrected chi connectivity index (χ4v) is 2.23. The Morgan fingerprint density at radius 1 is 1.05 bits per heavy atom. The molecule has 2 rings (SSSR count). The minimum absolute atomic E-state index is 0.125. The molecule has 116 valence electrons. The summed E-state index contributed by atoms with van der Waals surface area (Å²) in [7, 11) is 0. The molecule has 0 radical (unpaired) electrons. The number of rotatable bonds is 7. The Kier molecular flexibility index (Phi) is 5.42. The molecule has 0 aliphatic heterocycles. The lowest BCUT2D eigenvalue weighted by atomic mass is 10.2. The topological polar surface area (TPSA) is 49.8 Å². The average molecular weight is 299 g/mol. The number of aliphatic carboxylic acids is 1. The minimum atomic E-state index is -0.783. The van der Waals surface area contributed by atoms with Gasteiger partial charge in [-0.15, -0.1) is 0 Å². The minimum Gasteiger partial charge on any atom is -0.481 e. The number of carboxylic acids is 1. The second-order valence-corrected chi connectivity index (χ2v) is 5.34. The Morgan fingerprint density at radius 3 is 2.18 bits per heavy atom. The summed E-state index contributed by atoms with van der Waals surface area (Å²) in [5.74, 6) is 0.772. The maximum Gasteiger partial charge on any atom is 0.305 e. The Hall–Kier alpha value is -2.49. The van der Waals surface area contributed by atoms with Crippen molar-refractivity contribution in [2.24, 2.45) is 0 Å². The van der Waals surface area contributed by atoms with E-state index in [-0.39, 0.29) is 12.5 Å². The molecule has 2 aromatic rings. The molecule has 0 saturated heterocycles. The number of anilines is 1. The first-order chi connectivity index (χ1) is 10.6. The molecule has 0 fully saturated rings.